The smallest absolute Gasteiger partial charge is 0.262 e. The first-order chi connectivity index (χ1) is 16.9. The lowest BCUT2D eigenvalue weighted by Gasteiger charge is -2.13. The Hall–Kier alpha value is -4.11. The summed E-state index contributed by atoms with van der Waals surface area (Å²) in [6.45, 7) is 3.86. The van der Waals surface area contributed by atoms with E-state index < -0.39 is 0 Å². The van der Waals surface area contributed by atoms with E-state index in [1.807, 2.05) is 32.0 Å². The van der Waals surface area contributed by atoms with Crippen molar-refractivity contribution >= 4 is 40.8 Å². The highest BCUT2D eigenvalue weighted by atomic mass is 32.1. The fourth-order valence-electron chi connectivity index (χ4n) is 3.22. The molecule has 0 spiro atoms. The molecular formula is C26H28N4O4S. The summed E-state index contributed by atoms with van der Waals surface area (Å²) in [4.78, 5) is 12.2. The van der Waals surface area contributed by atoms with Gasteiger partial charge in [0.15, 0.2) is 23.2 Å². The Morgan fingerprint density at radius 2 is 1.66 bits per heavy atom. The van der Waals surface area contributed by atoms with Crippen LogP contribution in [0.1, 0.15) is 16.7 Å². The van der Waals surface area contributed by atoms with E-state index >= 15 is 0 Å². The zero-order valence-electron chi connectivity index (χ0n) is 20.0. The molecular weight excluding hydrogens is 464 g/mol. The van der Waals surface area contributed by atoms with Crippen molar-refractivity contribution in [1.29, 1.82) is 0 Å². The predicted molar refractivity (Wildman–Crippen MR) is 143 cm³/mol. The van der Waals surface area contributed by atoms with Crippen LogP contribution in [-0.4, -0.2) is 38.1 Å². The van der Waals surface area contributed by atoms with Crippen LogP contribution in [0.3, 0.4) is 0 Å². The molecule has 9 heteroatoms. The summed E-state index contributed by atoms with van der Waals surface area (Å²) in [5.41, 5.74) is 7.37. The van der Waals surface area contributed by atoms with Crippen molar-refractivity contribution < 1.29 is 19.0 Å². The second kappa shape index (κ2) is 12.4. The first kappa shape index (κ1) is 25.5. The fraction of sp³-hybridized carbons (Fsp3) is 0.192. The standard InChI is InChI=1S/C26H28N4O4S/c1-17-6-5-7-18(2)25(17)29-26(35)30-27-15-19-8-13-22(23(14-19)33-4)34-16-24(31)28-20-9-11-21(32-3)12-10-20/h5-15H,16H2,1-4H3,(H,28,31)(H2,29,30,35)/b27-15-. The molecule has 0 bridgehead atoms. The molecule has 0 saturated heterocycles. The molecule has 0 aliphatic carbocycles. The summed E-state index contributed by atoms with van der Waals surface area (Å²) in [7, 11) is 3.12. The van der Waals surface area contributed by atoms with Crippen molar-refractivity contribution in [3.63, 3.8) is 0 Å². The van der Waals surface area contributed by atoms with Crippen molar-refractivity contribution in [2.45, 2.75) is 13.8 Å². The van der Waals surface area contributed by atoms with Crippen LogP contribution in [0.4, 0.5) is 11.4 Å². The number of hydrazone groups is 1. The molecule has 0 unspecified atom stereocenters. The lowest BCUT2D eigenvalue weighted by Crippen LogP contribution is -2.24. The van der Waals surface area contributed by atoms with Crippen molar-refractivity contribution in [2.75, 3.05) is 31.5 Å². The number of anilines is 2. The third-order valence-electron chi connectivity index (χ3n) is 5.02. The highest BCUT2D eigenvalue weighted by Crippen LogP contribution is 2.27. The van der Waals surface area contributed by atoms with Gasteiger partial charge >= 0.3 is 0 Å². The average Bonchev–Trinajstić information content (AvgIpc) is 2.86. The maximum atomic E-state index is 12.2. The Kier molecular flexibility index (Phi) is 9.02. The summed E-state index contributed by atoms with van der Waals surface area (Å²) < 4.78 is 16.2. The third kappa shape index (κ3) is 7.44. The molecule has 35 heavy (non-hydrogen) atoms. The SMILES string of the molecule is COc1ccc(NC(=O)COc2ccc(/C=N\NC(=S)Nc3c(C)cccc3C)cc2OC)cc1. The molecule has 3 N–H and O–H groups in total. The number of carbonyl (C=O) groups is 1. The van der Waals surface area contributed by atoms with Crippen LogP contribution >= 0.6 is 12.2 Å². The van der Waals surface area contributed by atoms with Gasteiger partial charge in [-0.05, 0) is 85.2 Å². The molecule has 0 atom stereocenters. The van der Waals surface area contributed by atoms with E-state index in [0.717, 1.165) is 22.4 Å². The maximum absolute atomic E-state index is 12.2. The van der Waals surface area contributed by atoms with Gasteiger partial charge in [0.2, 0.25) is 0 Å². The van der Waals surface area contributed by atoms with Gasteiger partial charge in [-0.15, -0.1) is 0 Å². The number of amides is 1. The Balaban J connectivity index is 1.53. The zero-order chi connectivity index (χ0) is 25.2. The lowest BCUT2D eigenvalue weighted by atomic mass is 10.1. The number of methoxy groups -OCH3 is 2. The van der Waals surface area contributed by atoms with Crippen LogP contribution in [0.2, 0.25) is 0 Å². The summed E-state index contributed by atoms with van der Waals surface area (Å²) in [5, 5.41) is 10.5. The summed E-state index contributed by atoms with van der Waals surface area (Å²) in [6.07, 6.45) is 1.61. The number of para-hydroxylation sites is 1. The summed E-state index contributed by atoms with van der Waals surface area (Å²) >= 11 is 5.33. The van der Waals surface area contributed by atoms with E-state index in [1.54, 1.807) is 55.8 Å². The Morgan fingerprint density at radius 3 is 2.31 bits per heavy atom. The minimum Gasteiger partial charge on any atom is -0.497 e. The Labute approximate surface area is 210 Å². The van der Waals surface area contributed by atoms with Gasteiger partial charge in [0, 0.05) is 11.4 Å². The molecule has 0 saturated carbocycles. The van der Waals surface area contributed by atoms with Gasteiger partial charge in [0.25, 0.3) is 5.91 Å². The van der Waals surface area contributed by atoms with Crippen LogP contribution in [0, 0.1) is 13.8 Å². The highest BCUT2D eigenvalue weighted by molar-refractivity contribution is 7.80. The van der Waals surface area contributed by atoms with Crippen molar-refractivity contribution in [3.05, 3.63) is 77.4 Å². The number of benzene rings is 3. The van der Waals surface area contributed by atoms with Gasteiger partial charge in [-0.3, -0.25) is 10.2 Å². The van der Waals surface area contributed by atoms with Gasteiger partial charge < -0.3 is 24.8 Å². The number of rotatable bonds is 9. The maximum Gasteiger partial charge on any atom is 0.262 e. The van der Waals surface area contributed by atoms with Crippen molar-refractivity contribution in [3.8, 4) is 17.2 Å². The topological polar surface area (TPSA) is 93.2 Å². The molecule has 0 aliphatic heterocycles. The first-order valence-electron chi connectivity index (χ1n) is 10.8. The van der Waals surface area contributed by atoms with E-state index in [1.165, 1.54) is 7.11 Å². The number of nitrogens with one attached hydrogen (secondary N) is 3. The van der Waals surface area contributed by atoms with Crippen LogP contribution < -0.4 is 30.3 Å². The predicted octanol–water partition coefficient (Wildman–Crippen LogP) is 4.66. The third-order valence-corrected chi connectivity index (χ3v) is 5.21. The molecule has 1 amide bonds. The van der Waals surface area contributed by atoms with Gasteiger partial charge in [-0.25, -0.2) is 0 Å². The molecule has 0 aromatic heterocycles. The van der Waals surface area contributed by atoms with Gasteiger partial charge in [-0.1, -0.05) is 18.2 Å². The normalized spacial score (nSPS) is 10.5. The molecule has 3 aromatic carbocycles. The molecule has 8 nitrogen and oxygen atoms in total. The van der Waals surface area contributed by atoms with E-state index in [9.17, 15) is 4.79 Å². The number of hydrogen-bond donors (Lipinski definition) is 3. The second-order valence-corrected chi connectivity index (χ2v) is 7.97. The monoisotopic (exact) mass is 492 g/mol. The Morgan fingerprint density at radius 1 is 0.943 bits per heavy atom. The fourth-order valence-corrected chi connectivity index (χ4v) is 3.37. The minimum atomic E-state index is -0.294. The van der Waals surface area contributed by atoms with Crippen molar-refractivity contribution in [1.82, 2.24) is 5.43 Å². The van der Waals surface area contributed by atoms with E-state index in [4.69, 9.17) is 26.4 Å². The molecule has 3 rings (SSSR count). The summed E-state index contributed by atoms with van der Waals surface area (Å²) in [5.74, 6) is 1.33. The van der Waals surface area contributed by atoms with E-state index in [0.29, 0.717) is 28.0 Å². The molecule has 0 radical (unpaired) electrons. The van der Waals surface area contributed by atoms with Gasteiger partial charge in [-0.2, -0.15) is 5.10 Å². The largest absolute Gasteiger partial charge is 0.497 e. The van der Waals surface area contributed by atoms with Gasteiger partial charge in [0.1, 0.15) is 5.75 Å². The van der Waals surface area contributed by atoms with Crippen LogP contribution in [0.15, 0.2) is 65.8 Å². The van der Waals surface area contributed by atoms with E-state index in [-0.39, 0.29) is 12.5 Å². The van der Waals surface area contributed by atoms with Crippen LogP contribution in [0.5, 0.6) is 17.2 Å². The Bertz CT molecular complexity index is 1190. The van der Waals surface area contributed by atoms with Crippen LogP contribution in [0.25, 0.3) is 0 Å². The van der Waals surface area contributed by atoms with Crippen LogP contribution in [-0.2, 0) is 4.79 Å². The number of hydrogen-bond acceptors (Lipinski definition) is 6. The molecule has 3 aromatic rings. The molecule has 0 fully saturated rings. The lowest BCUT2D eigenvalue weighted by molar-refractivity contribution is -0.118. The number of ether oxygens (including phenoxy) is 3. The first-order valence-corrected chi connectivity index (χ1v) is 11.2. The van der Waals surface area contributed by atoms with Crippen molar-refractivity contribution in [2.24, 2.45) is 5.10 Å². The number of carbonyl (C=O) groups excluding carboxylic acids is 1. The average molecular weight is 493 g/mol. The number of nitrogens with zero attached hydrogens (tertiary/aromatic N) is 1. The zero-order valence-corrected chi connectivity index (χ0v) is 20.9. The second-order valence-electron chi connectivity index (χ2n) is 7.57. The number of thiocarbonyl (C=S) groups is 1. The summed E-state index contributed by atoms with van der Waals surface area (Å²) in [6, 6.07) is 18.3. The minimum absolute atomic E-state index is 0.171. The quantitative estimate of drug-likeness (QED) is 0.227. The number of aryl methyl sites for hydroxylation is 2. The molecule has 182 valence electrons. The van der Waals surface area contributed by atoms with Gasteiger partial charge in [0.05, 0.1) is 20.4 Å². The highest BCUT2D eigenvalue weighted by Gasteiger charge is 2.09. The molecule has 0 heterocycles. The molecule has 0 aliphatic rings. The van der Waals surface area contributed by atoms with E-state index in [2.05, 4.69) is 21.2 Å².